The van der Waals surface area contributed by atoms with Gasteiger partial charge in [-0.3, -0.25) is 14.5 Å². The molecule has 4 rings (SSSR count). The first-order chi connectivity index (χ1) is 16.1. The highest BCUT2D eigenvalue weighted by molar-refractivity contribution is 6.00. The van der Waals surface area contributed by atoms with Crippen LogP contribution in [0, 0.1) is 5.82 Å². The van der Waals surface area contributed by atoms with Crippen molar-refractivity contribution in [2.24, 2.45) is 0 Å². The fourth-order valence-electron chi connectivity index (χ4n) is 4.00. The fraction of sp³-hybridized carbons (Fsp3) is 0.320. The van der Waals surface area contributed by atoms with E-state index in [0.29, 0.717) is 55.2 Å². The monoisotopic (exact) mass is 450 g/mol. The zero-order chi connectivity index (χ0) is 23.2. The third-order valence-corrected chi connectivity index (χ3v) is 5.65. The van der Waals surface area contributed by atoms with Gasteiger partial charge in [-0.1, -0.05) is 24.3 Å². The van der Waals surface area contributed by atoms with Gasteiger partial charge in [0, 0.05) is 38.3 Å². The zero-order valence-corrected chi connectivity index (χ0v) is 18.6. The number of carbonyl (C=O) groups is 2. The molecule has 33 heavy (non-hydrogen) atoms. The van der Waals surface area contributed by atoms with Crippen LogP contribution in [0.3, 0.4) is 0 Å². The van der Waals surface area contributed by atoms with Gasteiger partial charge >= 0.3 is 0 Å². The summed E-state index contributed by atoms with van der Waals surface area (Å²) in [6.07, 6.45) is 2.25. The third-order valence-electron chi connectivity index (χ3n) is 5.65. The van der Waals surface area contributed by atoms with Crippen molar-refractivity contribution in [2.75, 3.05) is 39.3 Å². The van der Waals surface area contributed by atoms with E-state index in [-0.39, 0.29) is 17.7 Å². The van der Waals surface area contributed by atoms with Crippen LogP contribution in [0.5, 0.6) is 0 Å². The first-order valence-corrected chi connectivity index (χ1v) is 11.1. The Morgan fingerprint density at radius 2 is 1.79 bits per heavy atom. The highest BCUT2D eigenvalue weighted by atomic mass is 19.1. The van der Waals surface area contributed by atoms with Crippen LogP contribution in [0.25, 0.3) is 22.8 Å². The lowest BCUT2D eigenvalue weighted by atomic mass is 10.1. The number of amides is 2. The van der Waals surface area contributed by atoms with Gasteiger partial charge in [-0.05, 0) is 37.6 Å². The molecule has 172 valence electrons. The Kier molecular flexibility index (Phi) is 7.14. The lowest BCUT2D eigenvalue weighted by Crippen LogP contribution is -2.40. The van der Waals surface area contributed by atoms with E-state index in [2.05, 4.69) is 15.2 Å². The summed E-state index contributed by atoms with van der Waals surface area (Å²) < 4.78 is 20.0. The maximum Gasteiger partial charge on any atom is 0.254 e. The largest absolute Gasteiger partial charge is 0.436 e. The Balaban J connectivity index is 1.52. The average Bonchev–Trinajstić information content (AvgIpc) is 3.19. The quantitative estimate of drug-likeness (QED) is 0.623. The predicted molar refractivity (Wildman–Crippen MR) is 123 cm³/mol. The summed E-state index contributed by atoms with van der Waals surface area (Å²) in [6.45, 7) is 5.35. The second kappa shape index (κ2) is 10.4. The van der Waals surface area contributed by atoms with Gasteiger partial charge in [0.05, 0.1) is 23.9 Å². The molecule has 0 bridgehead atoms. The number of hydrogen-bond acceptors (Lipinski definition) is 5. The molecule has 0 unspecified atom stereocenters. The minimum Gasteiger partial charge on any atom is -0.436 e. The summed E-state index contributed by atoms with van der Waals surface area (Å²) in [6, 6.07) is 13.5. The van der Waals surface area contributed by atoms with Crippen LogP contribution in [-0.4, -0.2) is 65.9 Å². The number of nitrogens with one attached hydrogen (secondary N) is 1. The van der Waals surface area contributed by atoms with Crippen LogP contribution in [0.15, 0.2) is 59.1 Å². The molecule has 0 spiro atoms. The predicted octanol–water partition coefficient (Wildman–Crippen LogP) is 3.43. The van der Waals surface area contributed by atoms with Crippen molar-refractivity contribution in [3.05, 3.63) is 66.1 Å². The minimum atomic E-state index is -0.397. The standard InChI is InChI=1S/C25H27FN4O3/c1-2-27-23(31)17-29-12-7-13-30(15-14-29)25(32)19-9-4-3-8-18(19)24-28-16-22(33-24)20-10-5-6-11-21(20)26/h3-6,8-11,16H,2,7,12-15,17H2,1H3,(H,27,31). The second-order valence-electron chi connectivity index (χ2n) is 7.93. The van der Waals surface area contributed by atoms with Gasteiger partial charge in [0.15, 0.2) is 5.76 Å². The summed E-state index contributed by atoms with van der Waals surface area (Å²) in [5, 5.41) is 2.81. The normalized spacial score (nSPS) is 14.7. The number of rotatable bonds is 6. The van der Waals surface area contributed by atoms with Gasteiger partial charge in [-0.2, -0.15) is 0 Å². The van der Waals surface area contributed by atoms with Crippen molar-refractivity contribution in [3.8, 4) is 22.8 Å². The van der Waals surface area contributed by atoms with Gasteiger partial charge in [-0.25, -0.2) is 9.37 Å². The SMILES string of the molecule is CCNC(=O)CN1CCCN(C(=O)c2ccccc2-c2ncc(-c3ccccc3F)o2)CC1. The molecular weight excluding hydrogens is 423 g/mol. The molecule has 1 aliphatic rings. The summed E-state index contributed by atoms with van der Waals surface area (Å²) in [4.78, 5) is 33.5. The number of carbonyl (C=O) groups excluding carboxylic acids is 2. The van der Waals surface area contributed by atoms with Crippen molar-refractivity contribution in [2.45, 2.75) is 13.3 Å². The molecule has 8 heteroatoms. The summed E-state index contributed by atoms with van der Waals surface area (Å²) in [5.74, 6) is 0.0607. The second-order valence-corrected chi connectivity index (χ2v) is 7.93. The number of aromatic nitrogens is 1. The lowest BCUT2D eigenvalue weighted by molar-refractivity contribution is -0.122. The van der Waals surface area contributed by atoms with Gasteiger partial charge in [-0.15, -0.1) is 0 Å². The van der Waals surface area contributed by atoms with E-state index in [9.17, 15) is 14.0 Å². The Hall–Kier alpha value is -3.52. The summed E-state index contributed by atoms with van der Waals surface area (Å²) in [5.41, 5.74) is 1.37. The number of nitrogens with zero attached hydrogens (tertiary/aromatic N) is 3. The van der Waals surface area contributed by atoms with Gasteiger partial charge in [0.25, 0.3) is 5.91 Å². The molecule has 1 saturated heterocycles. The maximum absolute atomic E-state index is 14.2. The van der Waals surface area contributed by atoms with E-state index < -0.39 is 5.82 Å². The number of oxazole rings is 1. The van der Waals surface area contributed by atoms with Gasteiger partial charge in [0.2, 0.25) is 11.8 Å². The molecule has 2 amide bonds. The molecule has 1 aromatic heterocycles. The molecule has 1 aliphatic heterocycles. The molecule has 7 nitrogen and oxygen atoms in total. The minimum absolute atomic E-state index is 0.00262. The molecule has 0 atom stereocenters. The molecular formula is C25H27FN4O3. The van der Waals surface area contributed by atoms with Crippen molar-refractivity contribution in [3.63, 3.8) is 0 Å². The first kappa shape index (κ1) is 22.7. The number of halogens is 1. The van der Waals surface area contributed by atoms with E-state index in [1.807, 2.05) is 13.0 Å². The molecule has 0 radical (unpaired) electrons. The Labute approximate surface area is 192 Å². The summed E-state index contributed by atoms with van der Waals surface area (Å²) >= 11 is 0. The van der Waals surface area contributed by atoms with Crippen molar-refractivity contribution < 1.29 is 18.4 Å². The molecule has 0 aliphatic carbocycles. The van der Waals surface area contributed by atoms with E-state index in [1.165, 1.54) is 12.3 Å². The van der Waals surface area contributed by atoms with Gasteiger partial charge in [0.1, 0.15) is 5.82 Å². The molecule has 0 saturated carbocycles. The Morgan fingerprint density at radius 1 is 1.03 bits per heavy atom. The zero-order valence-electron chi connectivity index (χ0n) is 18.6. The van der Waals surface area contributed by atoms with Gasteiger partial charge < -0.3 is 14.6 Å². The van der Waals surface area contributed by atoms with Crippen LogP contribution < -0.4 is 5.32 Å². The van der Waals surface area contributed by atoms with Crippen LogP contribution >= 0.6 is 0 Å². The van der Waals surface area contributed by atoms with Crippen LogP contribution in [0.4, 0.5) is 4.39 Å². The number of benzene rings is 2. The Bertz CT molecular complexity index is 1130. The topological polar surface area (TPSA) is 78.7 Å². The smallest absolute Gasteiger partial charge is 0.254 e. The van der Waals surface area contributed by atoms with Crippen LogP contribution in [0.2, 0.25) is 0 Å². The summed E-state index contributed by atoms with van der Waals surface area (Å²) in [7, 11) is 0. The average molecular weight is 451 g/mol. The van der Waals surface area contributed by atoms with E-state index in [0.717, 1.165) is 13.0 Å². The molecule has 2 aromatic carbocycles. The molecule has 1 fully saturated rings. The molecule has 2 heterocycles. The first-order valence-electron chi connectivity index (χ1n) is 11.1. The number of hydrogen-bond donors (Lipinski definition) is 1. The Morgan fingerprint density at radius 3 is 2.58 bits per heavy atom. The number of likely N-dealkylation sites (N-methyl/N-ethyl adjacent to an activating group) is 1. The van der Waals surface area contributed by atoms with E-state index in [4.69, 9.17) is 4.42 Å². The van der Waals surface area contributed by atoms with Crippen LogP contribution in [0.1, 0.15) is 23.7 Å². The lowest BCUT2D eigenvalue weighted by Gasteiger charge is -2.22. The van der Waals surface area contributed by atoms with E-state index in [1.54, 1.807) is 41.3 Å². The molecule has 1 N–H and O–H groups in total. The fourth-order valence-corrected chi connectivity index (χ4v) is 4.00. The third kappa shape index (κ3) is 5.28. The molecule has 3 aromatic rings. The van der Waals surface area contributed by atoms with Crippen molar-refractivity contribution >= 4 is 11.8 Å². The van der Waals surface area contributed by atoms with Crippen molar-refractivity contribution in [1.82, 2.24) is 20.1 Å². The highest BCUT2D eigenvalue weighted by Gasteiger charge is 2.25. The van der Waals surface area contributed by atoms with Crippen LogP contribution in [-0.2, 0) is 4.79 Å². The maximum atomic E-state index is 14.2. The highest BCUT2D eigenvalue weighted by Crippen LogP contribution is 2.30. The van der Waals surface area contributed by atoms with E-state index >= 15 is 0 Å². The van der Waals surface area contributed by atoms with Crippen molar-refractivity contribution in [1.29, 1.82) is 0 Å².